The number of benzene rings is 1. The van der Waals surface area contributed by atoms with Crippen LogP contribution in [0.1, 0.15) is 45.1 Å². The standard InChI is InChI=1S/C16H20BrClS/c1-10(16(2,3)4)8-14(18)12-9-19-15-11(12)6-5-7-13(15)17/h5-7,9-10,14H,8H2,1-4H3. The molecule has 2 unspecified atom stereocenters. The highest BCUT2D eigenvalue weighted by molar-refractivity contribution is 9.10. The molecule has 1 aromatic heterocycles. The monoisotopic (exact) mass is 358 g/mol. The third-order valence-corrected chi connectivity index (χ3v) is 6.34. The summed E-state index contributed by atoms with van der Waals surface area (Å²) in [7, 11) is 0. The molecule has 0 nitrogen and oxygen atoms in total. The number of alkyl halides is 1. The van der Waals surface area contributed by atoms with Gasteiger partial charge in [0.15, 0.2) is 0 Å². The van der Waals surface area contributed by atoms with E-state index in [-0.39, 0.29) is 5.38 Å². The number of thiophene rings is 1. The molecule has 0 aliphatic heterocycles. The first-order chi connectivity index (χ1) is 8.80. The first kappa shape index (κ1) is 15.3. The SMILES string of the molecule is CC(CC(Cl)c1csc2c(Br)cccc12)C(C)(C)C. The van der Waals surface area contributed by atoms with Crippen LogP contribution in [0.15, 0.2) is 28.1 Å². The summed E-state index contributed by atoms with van der Waals surface area (Å²) in [5.74, 6) is 0.595. The van der Waals surface area contributed by atoms with Gasteiger partial charge < -0.3 is 0 Å². The number of fused-ring (bicyclic) bond motifs is 1. The van der Waals surface area contributed by atoms with E-state index in [1.807, 2.05) is 0 Å². The second kappa shape index (κ2) is 5.75. The molecule has 1 aromatic carbocycles. The van der Waals surface area contributed by atoms with E-state index >= 15 is 0 Å². The molecule has 1 heterocycles. The quantitative estimate of drug-likeness (QED) is 0.517. The molecule has 0 aliphatic rings. The molecule has 3 heteroatoms. The van der Waals surface area contributed by atoms with E-state index in [2.05, 4.69) is 67.2 Å². The van der Waals surface area contributed by atoms with Crippen molar-refractivity contribution in [2.45, 2.75) is 39.5 Å². The largest absolute Gasteiger partial charge is 0.142 e. The minimum Gasteiger partial charge on any atom is -0.142 e. The van der Waals surface area contributed by atoms with Crippen LogP contribution >= 0.6 is 38.9 Å². The van der Waals surface area contributed by atoms with Crippen molar-refractivity contribution < 1.29 is 0 Å². The summed E-state index contributed by atoms with van der Waals surface area (Å²) in [4.78, 5) is 0. The first-order valence-electron chi connectivity index (χ1n) is 6.60. The van der Waals surface area contributed by atoms with E-state index in [0.717, 1.165) is 10.9 Å². The average Bonchev–Trinajstić information content (AvgIpc) is 2.72. The molecule has 104 valence electrons. The highest BCUT2D eigenvalue weighted by Gasteiger charge is 2.24. The summed E-state index contributed by atoms with van der Waals surface area (Å²) >= 11 is 12.1. The van der Waals surface area contributed by atoms with E-state index in [1.165, 1.54) is 15.6 Å². The van der Waals surface area contributed by atoms with Gasteiger partial charge in [-0.1, -0.05) is 39.8 Å². The highest BCUT2D eigenvalue weighted by atomic mass is 79.9. The predicted octanol–water partition coefficient (Wildman–Crippen LogP) is 7.02. The van der Waals surface area contributed by atoms with Crippen molar-refractivity contribution in [3.8, 4) is 0 Å². The topological polar surface area (TPSA) is 0 Å². The lowest BCUT2D eigenvalue weighted by Gasteiger charge is -2.28. The Labute approximate surface area is 133 Å². The molecule has 0 spiro atoms. The van der Waals surface area contributed by atoms with Crippen molar-refractivity contribution in [2.24, 2.45) is 11.3 Å². The molecule has 19 heavy (non-hydrogen) atoms. The van der Waals surface area contributed by atoms with Gasteiger partial charge in [0.25, 0.3) is 0 Å². The van der Waals surface area contributed by atoms with Crippen molar-refractivity contribution >= 4 is 49.0 Å². The summed E-state index contributed by atoms with van der Waals surface area (Å²) in [6.45, 7) is 9.14. The van der Waals surface area contributed by atoms with Gasteiger partial charge in [0.2, 0.25) is 0 Å². The van der Waals surface area contributed by atoms with E-state index < -0.39 is 0 Å². The molecule has 2 aromatic rings. The van der Waals surface area contributed by atoms with Crippen LogP contribution in [0.5, 0.6) is 0 Å². The average molecular weight is 360 g/mol. The van der Waals surface area contributed by atoms with Crippen molar-refractivity contribution in [2.75, 3.05) is 0 Å². The fourth-order valence-electron chi connectivity index (χ4n) is 2.08. The number of hydrogen-bond donors (Lipinski definition) is 0. The van der Waals surface area contributed by atoms with Crippen LogP contribution in [-0.4, -0.2) is 0 Å². The third kappa shape index (κ3) is 3.34. The Kier molecular flexibility index (Phi) is 4.64. The highest BCUT2D eigenvalue weighted by Crippen LogP contribution is 2.42. The van der Waals surface area contributed by atoms with Gasteiger partial charge in [-0.15, -0.1) is 22.9 Å². The van der Waals surface area contributed by atoms with E-state index in [0.29, 0.717) is 11.3 Å². The van der Waals surface area contributed by atoms with Gasteiger partial charge in [0, 0.05) is 9.17 Å². The maximum absolute atomic E-state index is 6.67. The van der Waals surface area contributed by atoms with Gasteiger partial charge in [-0.3, -0.25) is 0 Å². The molecule has 0 aliphatic carbocycles. The second-order valence-electron chi connectivity index (χ2n) is 6.28. The zero-order valence-corrected chi connectivity index (χ0v) is 15.0. The zero-order valence-electron chi connectivity index (χ0n) is 11.8. The number of halogens is 2. The second-order valence-corrected chi connectivity index (χ2v) is 8.54. The molecule has 0 N–H and O–H groups in total. The smallest absolute Gasteiger partial charge is 0.0602 e. The van der Waals surface area contributed by atoms with Crippen LogP contribution in [0, 0.1) is 11.3 Å². The van der Waals surface area contributed by atoms with Gasteiger partial charge in [0.05, 0.1) is 5.38 Å². The Bertz CT molecular complexity index is 568. The lowest BCUT2D eigenvalue weighted by Crippen LogP contribution is -2.18. The van der Waals surface area contributed by atoms with Crippen LogP contribution in [0.4, 0.5) is 0 Å². The van der Waals surface area contributed by atoms with Crippen molar-refractivity contribution in [3.63, 3.8) is 0 Å². The third-order valence-electron chi connectivity index (χ3n) is 3.96. The number of hydrogen-bond acceptors (Lipinski definition) is 1. The molecule has 2 atom stereocenters. The molecule has 0 radical (unpaired) electrons. The molecule has 2 rings (SSSR count). The Morgan fingerprint density at radius 1 is 1.32 bits per heavy atom. The van der Waals surface area contributed by atoms with Crippen LogP contribution in [0.25, 0.3) is 10.1 Å². The minimum atomic E-state index is 0.0947. The minimum absolute atomic E-state index is 0.0947. The van der Waals surface area contributed by atoms with Gasteiger partial charge in [0.1, 0.15) is 0 Å². The van der Waals surface area contributed by atoms with E-state index in [9.17, 15) is 0 Å². The molecule has 0 bridgehead atoms. The van der Waals surface area contributed by atoms with Crippen LogP contribution in [-0.2, 0) is 0 Å². The van der Waals surface area contributed by atoms with Crippen LogP contribution in [0.2, 0.25) is 0 Å². The summed E-state index contributed by atoms with van der Waals surface area (Å²) in [5, 5.41) is 3.60. The molecule has 0 amide bonds. The molecule has 0 saturated carbocycles. The van der Waals surface area contributed by atoms with Crippen molar-refractivity contribution in [1.29, 1.82) is 0 Å². The fourth-order valence-corrected chi connectivity index (χ4v) is 4.27. The molecule has 0 fully saturated rings. The Balaban J connectivity index is 2.27. The summed E-state index contributed by atoms with van der Waals surface area (Å²) in [6, 6.07) is 6.34. The molecular formula is C16H20BrClS. The van der Waals surface area contributed by atoms with Gasteiger partial charge in [-0.25, -0.2) is 0 Å². The Hall–Kier alpha value is -0.0500. The van der Waals surface area contributed by atoms with Gasteiger partial charge >= 0.3 is 0 Å². The van der Waals surface area contributed by atoms with Crippen LogP contribution < -0.4 is 0 Å². The fraction of sp³-hybridized carbons (Fsp3) is 0.500. The maximum Gasteiger partial charge on any atom is 0.0602 e. The summed E-state index contributed by atoms with van der Waals surface area (Å²) < 4.78 is 2.46. The van der Waals surface area contributed by atoms with Crippen LogP contribution in [0.3, 0.4) is 0 Å². The summed E-state index contributed by atoms with van der Waals surface area (Å²) in [6.07, 6.45) is 1.02. The normalized spacial score (nSPS) is 15.7. The number of rotatable bonds is 3. The lowest BCUT2D eigenvalue weighted by molar-refractivity contribution is 0.245. The van der Waals surface area contributed by atoms with Crippen molar-refractivity contribution in [3.05, 3.63) is 33.6 Å². The lowest BCUT2D eigenvalue weighted by atomic mass is 9.79. The zero-order chi connectivity index (χ0) is 14.2. The molecule has 0 saturated heterocycles. The van der Waals surface area contributed by atoms with E-state index in [4.69, 9.17) is 11.6 Å². The van der Waals surface area contributed by atoms with E-state index in [1.54, 1.807) is 11.3 Å². The Morgan fingerprint density at radius 3 is 2.63 bits per heavy atom. The van der Waals surface area contributed by atoms with Gasteiger partial charge in [-0.05, 0) is 56.1 Å². The summed E-state index contributed by atoms with van der Waals surface area (Å²) in [5.41, 5.74) is 1.58. The molecular weight excluding hydrogens is 340 g/mol. The Morgan fingerprint density at radius 2 is 2.00 bits per heavy atom. The first-order valence-corrected chi connectivity index (χ1v) is 8.71. The predicted molar refractivity (Wildman–Crippen MR) is 91.4 cm³/mol. The van der Waals surface area contributed by atoms with Crippen molar-refractivity contribution in [1.82, 2.24) is 0 Å². The van der Waals surface area contributed by atoms with Gasteiger partial charge in [-0.2, -0.15) is 0 Å². The maximum atomic E-state index is 6.67.